The van der Waals surface area contributed by atoms with Gasteiger partial charge in [0.25, 0.3) is 0 Å². The molecule has 0 radical (unpaired) electrons. The highest BCUT2D eigenvalue weighted by atomic mass is 16.6. The minimum atomic E-state index is -0.783. The van der Waals surface area contributed by atoms with E-state index in [0.29, 0.717) is 19.3 Å². The van der Waals surface area contributed by atoms with E-state index < -0.39 is 6.10 Å². The summed E-state index contributed by atoms with van der Waals surface area (Å²) in [5.41, 5.74) is 0. The van der Waals surface area contributed by atoms with Crippen LogP contribution in [-0.4, -0.2) is 37.2 Å². The van der Waals surface area contributed by atoms with Gasteiger partial charge in [-0.25, -0.2) is 0 Å². The maximum atomic E-state index is 12.9. The van der Waals surface area contributed by atoms with Gasteiger partial charge < -0.3 is 14.2 Å². The second-order valence-corrected chi connectivity index (χ2v) is 23.4. The van der Waals surface area contributed by atoms with Crippen LogP contribution in [0, 0.1) is 0 Å². The zero-order chi connectivity index (χ0) is 59.2. The van der Waals surface area contributed by atoms with E-state index >= 15 is 0 Å². The van der Waals surface area contributed by atoms with Crippen molar-refractivity contribution in [2.45, 2.75) is 354 Å². The van der Waals surface area contributed by atoms with E-state index in [4.69, 9.17) is 14.2 Å². The Morgan fingerprint density at radius 1 is 0.256 bits per heavy atom. The molecule has 0 saturated heterocycles. The van der Waals surface area contributed by atoms with Gasteiger partial charge in [-0.3, -0.25) is 14.4 Å². The van der Waals surface area contributed by atoms with E-state index in [-0.39, 0.29) is 31.1 Å². The second-order valence-electron chi connectivity index (χ2n) is 23.4. The van der Waals surface area contributed by atoms with Gasteiger partial charge in [0.1, 0.15) is 13.2 Å². The first kappa shape index (κ1) is 78.3. The second kappa shape index (κ2) is 69.8. The number of esters is 3. The van der Waals surface area contributed by atoms with Crippen molar-refractivity contribution in [2.75, 3.05) is 13.2 Å². The number of allylic oxidation sites excluding steroid dienone is 16. The van der Waals surface area contributed by atoms with Gasteiger partial charge in [0.15, 0.2) is 6.10 Å². The molecule has 0 saturated carbocycles. The van der Waals surface area contributed by atoms with Crippen molar-refractivity contribution in [3.8, 4) is 0 Å². The van der Waals surface area contributed by atoms with Gasteiger partial charge in [0.2, 0.25) is 0 Å². The summed E-state index contributed by atoms with van der Waals surface area (Å²) in [6.07, 6.45) is 94.3. The molecule has 6 nitrogen and oxygen atoms in total. The lowest BCUT2D eigenvalue weighted by atomic mass is 10.0. The van der Waals surface area contributed by atoms with Crippen LogP contribution < -0.4 is 0 Å². The van der Waals surface area contributed by atoms with Gasteiger partial charge in [-0.1, -0.05) is 323 Å². The molecule has 0 aromatic rings. The van der Waals surface area contributed by atoms with Gasteiger partial charge >= 0.3 is 17.9 Å². The van der Waals surface area contributed by atoms with Crippen molar-refractivity contribution in [3.05, 3.63) is 97.2 Å². The van der Waals surface area contributed by atoms with E-state index in [0.717, 1.165) is 109 Å². The lowest BCUT2D eigenvalue weighted by Gasteiger charge is -2.18. The number of unbranched alkanes of at least 4 members (excludes halogenated alkanes) is 37. The molecule has 0 aromatic carbocycles. The molecule has 0 aliphatic rings. The molecule has 0 aliphatic carbocycles. The third-order valence-electron chi connectivity index (χ3n) is 15.3. The first-order chi connectivity index (χ1) is 40.5. The van der Waals surface area contributed by atoms with E-state index in [1.54, 1.807) is 0 Å². The van der Waals surface area contributed by atoms with Crippen LogP contribution in [0.2, 0.25) is 0 Å². The molecule has 0 N–H and O–H groups in total. The minimum Gasteiger partial charge on any atom is -0.462 e. The number of rotatable bonds is 64. The summed E-state index contributed by atoms with van der Waals surface area (Å²) in [4.78, 5) is 38.4. The molecule has 0 rings (SSSR count). The molecular formula is C76H132O6. The summed E-state index contributed by atoms with van der Waals surface area (Å²) >= 11 is 0. The van der Waals surface area contributed by atoms with Crippen LogP contribution in [0.25, 0.3) is 0 Å². The molecule has 1 atom stereocenters. The van der Waals surface area contributed by atoms with Gasteiger partial charge in [0.05, 0.1) is 0 Å². The Morgan fingerprint density at radius 3 is 0.756 bits per heavy atom. The Balaban J connectivity index is 4.29. The molecule has 0 spiro atoms. The Morgan fingerprint density at radius 2 is 0.476 bits per heavy atom. The van der Waals surface area contributed by atoms with Crippen LogP contribution in [0.4, 0.5) is 0 Å². The SMILES string of the molecule is CC/C=C\C/C=C\C/C=C\C/C=C\C/C=C\C/C=C\C/C=C\CCCCCCCCCC(=O)OCC(COC(=O)CCCCCCCCCCCCCC)OC(=O)CCCCCCCCCCCCC/C=C\CCCCCCCCCC. The van der Waals surface area contributed by atoms with Crippen LogP contribution in [0.15, 0.2) is 97.2 Å². The molecule has 0 heterocycles. The number of carbonyl (C=O) groups excluding carboxylic acids is 3. The number of carbonyl (C=O) groups is 3. The first-order valence-electron chi connectivity index (χ1n) is 35.2. The lowest BCUT2D eigenvalue weighted by molar-refractivity contribution is -0.167. The summed E-state index contributed by atoms with van der Waals surface area (Å²) in [5.74, 6) is -0.874. The molecule has 472 valence electrons. The molecule has 0 bridgehead atoms. The molecule has 0 amide bonds. The van der Waals surface area contributed by atoms with Crippen LogP contribution in [0.3, 0.4) is 0 Å². The molecular weight excluding hydrogens is 1010 g/mol. The van der Waals surface area contributed by atoms with Crippen molar-refractivity contribution in [1.29, 1.82) is 0 Å². The molecule has 0 aromatic heterocycles. The predicted octanol–water partition coefficient (Wildman–Crippen LogP) is 24.4. The van der Waals surface area contributed by atoms with Crippen molar-refractivity contribution >= 4 is 17.9 Å². The van der Waals surface area contributed by atoms with E-state index in [9.17, 15) is 14.4 Å². The predicted molar refractivity (Wildman–Crippen MR) is 357 cm³/mol. The quantitative estimate of drug-likeness (QED) is 0.0261. The smallest absolute Gasteiger partial charge is 0.306 e. The average Bonchev–Trinajstić information content (AvgIpc) is 3.47. The molecule has 6 heteroatoms. The van der Waals surface area contributed by atoms with Gasteiger partial charge in [0, 0.05) is 19.3 Å². The highest BCUT2D eigenvalue weighted by Crippen LogP contribution is 2.17. The fraction of sp³-hybridized carbons (Fsp3) is 0.750. The fourth-order valence-corrected chi connectivity index (χ4v) is 10.1. The standard InChI is InChI=1S/C76H132O6/c1-4-7-10-13-16-19-22-25-27-29-31-33-35-36-37-38-39-40-42-43-45-47-49-51-54-57-60-63-66-69-75(78)81-72-73(71-80-74(77)68-65-62-59-56-53-24-21-18-15-12-9-6-3)82-76(79)70-67-64-61-58-55-52-50-48-46-44-41-34-32-30-28-26-23-20-17-14-11-8-5-2/h7,10,16,19,25,27,30-33,36-37,39-40,43,45,73H,4-6,8-9,11-15,17-18,20-24,26,28-29,34-35,38,41-42,44,46-72H2,1-3H3/b10-7-,19-16-,27-25-,32-30-,33-31-,37-36-,40-39-,45-43-. The van der Waals surface area contributed by atoms with Crippen molar-refractivity contribution in [2.24, 2.45) is 0 Å². The monoisotopic (exact) mass is 1140 g/mol. The number of hydrogen-bond donors (Lipinski definition) is 0. The zero-order valence-corrected chi connectivity index (χ0v) is 54.2. The summed E-state index contributed by atoms with van der Waals surface area (Å²) in [5, 5.41) is 0. The Labute approximate surface area is 508 Å². The lowest BCUT2D eigenvalue weighted by Crippen LogP contribution is -2.30. The van der Waals surface area contributed by atoms with E-state index in [2.05, 4.69) is 118 Å². The Bertz CT molecular complexity index is 1590. The minimum absolute atomic E-state index is 0.0776. The van der Waals surface area contributed by atoms with Crippen LogP contribution in [0.1, 0.15) is 348 Å². The molecule has 0 aliphatic heterocycles. The Kier molecular flexibility index (Phi) is 66.7. The maximum Gasteiger partial charge on any atom is 0.306 e. The van der Waals surface area contributed by atoms with Crippen molar-refractivity contribution in [1.82, 2.24) is 0 Å². The largest absolute Gasteiger partial charge is 0.462 e. The van der Waals surface area contributed by atoms with Gasteiger partial charge in [-0.15, -0.1) is 0 Å². The van der Waals surface area contributed by atoms with Crippen molar-refractivity contribution < 1.29 is 28.6 Å². The molecule has 1 unspecified atom stereocenters. The van der Waals surface area contributed by atoms with E-state index in [1.165, 1.54) is 199 Å². The van der Waals surface area contributed by atoms with Crippen LogP contribution >= 0.6 is 0 Å². The number of ether oxygens (including phenoxy) is 3. The third kappa shape index (κ3) is 67.1. The summed E-state index contributed by atoms with van der Waals surface area (Å²) in [7, 11) is 0. The third-order valence-corrected chi connectivity index (χ3v) is 15.3. The average molecular weight is 1140 g/mol. The number of hydrogen-bond acceptors (Lipinski definition) is 6. The van der Waals surface area contributed by atoms with Crippen molar-refractivity contribution in [3.63, 3.8) is 0 Å². The molecule has 0 fully saturated rings. The molecule has 82 heavy (non-hydrogen) atoms. The fourth-order valence-electron chi connectivity index (χ4n) is 10.1. The normalized spacial score (nSPS) is 12.7. The highest BCUT2D eigenvalue weighted by molar-refractivity contribution is 5.71. The summed E-state index contributed by atoms with van der Waals surface area (Å²) < 4.78 is 17.0. The highest BCUT2D eigenvalue weighted by Gasteiger charge is 2.19. The Hall–Kier alpha value is -3.67. The zero-order valence-electron chi connectivity index (χ0n) is 54.2. The topological polar surface area (TPSA) is 78.9 Å². The van der Waals surface area contributed by atoms with Gasteiger partial charge in [-0.05, 0) is 103 Å². The van der Waals surface area contributed by atoms with E-state index in [1.807, 2.05) is 0 Å². The van der Waals surface area contributed by atoms with Crippen LogP contribution in [0.5, 0.6) is 0 Å². The van der Waals surface area contributed by atoms with Gasteiger partial charge in [-0.2, -0.15) is 0 Å². The summed E-state index contributed by atoms with van der Waals surface area (Å²) in [6.45, 7) is 6.55. The first-order valence-corrected chi connectivity index (χ1v) is 35.2. The maximum absolute atomic E-state index is 12.9. The van der Waals surface area contributed by atoms with Crippen LogP contribution in [-0.2, 0) is 28.6 Å². The summed E-state index contributed by atoms with van der Waals surface area (Å²) in [6, 6.07) is 0.